The molecule has 1 aromatic heterocycles. The standard InChI is InChI=1S/C12H18N4O3S3/c1-8-13-14-12(21-8)20-5-11(17)16-4-3-15(2)9-6-22(18,19)7-10(9)16/h9-10H,3-7H2,1-2H3/t9-,10+/m0/s1. The molecule has 0 aromatic carbocycles. The third kappa shape index (κ3) is 3.29. The molecule has 22 heavy (non-hydrogen) atoms. The zero-order chi connectivity index (χ0) is 15.9. The number of hydrogen-bond donors (Lipinski definition) is 0. The number of fused-ring (bicyclic) bond motifs is 1. The van der Waals surface area contributed by atoms with Crippen LogP contribution in [0, 0.1) is 6.92 Å². The van der Waals surface area contributed by atoms with Gasteiger partial charge >= 0.3 is 0 Å². The molecule has 0 radical (unpaired) electrons. The number of carbonyl (C=O) groups excluding carboxylic acids is 1. The van der Waals surface area contributed by atoms with E-state index in [2.05, 4.69) is 15.1 Å². The number of piperazine rings is 1. The van der Waals surface area contributed by atoms with Gasteiger partial charge in [-0.15, -0.1) is 10.2 Å². The Labute approximate surface area is 138 Å². The number of thioether (sulfide) groups is 1. The number of rotatable bonds is 3. The summed E-state index contributed by atoms with van der Waals surface area (Å²) in [5.74, 6) is 0.497. The molecule has 3 rings (SSSR count). The monoisotopic (exact) mass is 362 g/mol. The zero-order valence-corrected chi connectivity index (χ0v) is 14.9. The first-order chi connectivity index (χ1) is 10.4. The summed E-state index contributed by atoms with van der Waals surface area (Å²) in [6, 6.07) is -0.288. The van der Waals surface area contributed by atoms with Gasteiger partial charge < -0.3 is 4.90 Å². The number of aryl methyl sites for hydroxylation is 1. The van der Waals surface area contributed by atoms with Crippen molar-refractivity contribution >= 4 is 38.8 Å². The Kier molecular flexibility index (Phi) is 4.45. The average Bonchev–Trinajstić information content (AvgIpc) is 2.99. The largest absolute Gasteiger partial charge is 0.335 e. The highest BCUT2D eigenvalue weighted by molar-refractivity contribution is 8.01. The molecule has 2 atom stereocenters. The Hall–Kier alpha value is -0.710. The van der Waals surface area contributed by atoms with Gasteiger partial charge in [0.05, 0.1) is 23.3 Å². The summed E-state index contributed by atoms with van der Waals surface area (Å²) in [4.78, 5) is 16.3. The van der Waals surface area contributed by atoms with Crippen molar-refractivity contribution < 1.29 is 13.2 Å². The molecule has 0 aliphatic carbocycles. The minimum absolute atomic E-state index is 0.0157. The number of nitrogens with zero attached hydrogens (tertiary/aromatic N) is 4. The number of likely N-dealkylation sites (N-methyl/N-ethyl adjacent to an activating group) is 1. The van der Waals surface area contributed by atoms with Gasteiger partial charge in [-0.3, -0.25) is 9.69 Å². The van der Waals surface area contributed by atoms with Crippen molar-refractivity contribution in [2.45, 2.75) is 23.3 Å². The maximum absolute atomic E-state index is 12.5. The van der Waals surface area contributed by atoms with Gasteiger partial charge in [-0.25, -0.2) is 8.42 Å². The third-order valence-corrected chi connectivity index (χ3v) is 7.76. The van der Waals surface area contributed by atoms with Crippen molar-refractivity contribution in [1.82, 2.24) is 20.0 Å². The summed E-state index contributed by atoms with van der Waals surface area (Å²) >= 11 is 2.83. The maximum atomic E-state index is 12.5. The Morgan fingerprint density at radius 3 is 2.73 bits per heavy atom. The predicted octanol–water partition coefficient (Wildman–Crippen LogP) is -0.122. The quantitative estimate of drug-likeness (QED) is 0.693. The Balaban J connectivity index is 1.67. The van der Waals surface area contributed by atoms with Crippen LogP contribution < -0.4 is 0 Å². The van der Waals surface area contributed by atoms with Gasteiger partial charge in [-0.05, 0) is 14.0 Å². The van der Waals surface area contributed by atoms with Gasteiger partial charge in [-0.1, -0.05) is 23.1 Å². The van der Waals surface area contributed by atoms with Gasteiger partial charge in [0.1, 0.15) is 5.01 Å². The molecule has 0 saturated carbocycles. The minimum Gasteiger partial charge on any atom is -0.335 e. The van der Waals surface area contributed by atoms with E-state index in [1.807, 2.05) is 14.0 Å². The smallest absolute Gasteiger partial charge is 0.233 e. The highest BCUT2D eigenvalue weighted by Gasteiger charge is 2.46. The van der Waals surface area contributed by atoms with Crippen molar-refractivity contribution in [3.05, 3.63) is 5.01 Å². The molecular formula is C12H18N4O3S3. The Morgan fingerprint density at radius 1 is 1.32 bits per heavy atom. The van der Waals surface area contributed by atoms with E-state index in [-0.39, 0.29) is 35.2 Å². The fraction of sp³-hybridized carbons (Fsp3) is 0.750. The molecule has 0 unspecified atom stereocenters. The lowest BCUT2D eigenvalue weighted by atomic mass is 10.1. The second kappa shape index (κ2) is 6.06. The number of aromatic nitrogens is 2. The first-order valence-corrected chi connectivity index (χ1v) is 10.6. The zero-order valence-electron chi connectivity index (χ0n) is 12.4. The van der Waals surface area contributed by atoms with Crippen LogP contribution in [-0.4, -0.2) is 83.8 Å². The second-order valence-corrected chi connectivity index (χ2v) is 10.2. The summed E-state index contributed by atoms with van der Waals surface area (Å²) in [5.41, 5.74) is 0. The van der Waals surface area contributed by atoms with E-state index in [1.165, 1.54) is 23.1 Å². The summed E-state index contributed by atoms with van der Waals surface area (Å²) in [7, 11) is -1.12. The molecule has 2 aliphatic rings. The molecule has 122 valence electrons. The van der Waals surface area contributed by atoms with E-state index in [0.717, 1.165) is 9.35 Å². The third-order valence-electron chi connectivity index (χ3n) is 4.10. The summed E-state index contributed by atoms with van der Waals surface area (Å²) in [6.45, 7) is 3.17. The van der Waals surface area contributed by atoms with Gasteiger partial charge in [0.25, 0.3) is 0 Å². The molecule has 2 aliphatic heterocycles. The lowest BCUT2D eigenvalue weighted by Gasteiger charge is -2.42. The summed E-state index contributed by atoms with van der Waals surface area (Å²) in [5, 5.41) is 8.79. The van der Waals surface area contributed by atoms with Crippen LogP contribution in [0.25, 0.3) is 0 Å². The molecule has 7 nitrogen and oxygen atoms in total. The van der Waals surface area contributed by atoms with Gasteiger partial charge in [0.15, 0.2) is 14.2 Å². The molecule has 3 heterocycles. The van der Waals surface area contributed by atoms with Gasteiger partial charge in [0, 0.05) is 19.1 Å². The highest BCUT2D eigenvalue weighted by atomic mass is 32.2. The lowest BCUT2D eigenvalue weighted by Crippen LogP contribution is -2.59. The van der Waals surface area contributed by atoms with Crippen molar-refractivity contribution in [3.8, 4) is 0 Å². The van der Waals surface area contributed by atoms with E-state index in [4.69, 9.17) is 0 Å². The van der Waals surface area contributed by atoms with Crippen LogP contribution >= 0.6 is 23.1 Å². The van der Waals surface area contributed by atoms with E-state index in [1.54, 1.807) is 4.90 Å². The molecule has 0 N–H and O–H groups in total. The number of carbonyl (C=O) groups is 1. The van der Waals surface area contributed by atoms with Gasteiger partial charge in [-0.2, -0.15) is 0 Å². The Morgan fingerprint density at radius 2 is 2.05 bits per heavy atom. The van der Waals surface area contributed by atoms with Crippen molar-refractivity contribution in [2.75, 3.05) is 37.4 Å². The average molecular weight is 363 g/mol. The van der Waals surface area contributed by atoms with E-state index < -0.39 is 9.84 Å². The lowest BCUT2D eigenvalue weighted by molar-refractivity contribution is -0.133. The Bertz CT molecular complexity index is 675. The van der Waals surface area contributed by atoms with Crippen molar-refractivity contribution in [1.29, 1.82) is 0 Å². The van der Waals surface area contributed by atoms with Gasteiger partial charge in [0.2, 0.25) is 5.91 Å². The van der Waals surface area contributed by atoms with E-state index >= 15 is 0 Å². The van der Waals surface area contributed by atoms with E-state index in [9.17, 15) is 13.2 Å². The molecule has 1 amide bonds. The fourth-order valence-corrected chi connectivity index (χ4v) is 6.74. The molecule has 2 fully saturated rings. The molecule has 10 heteroatoms. The van der Waals surface area contributed by atoms with Crippen LogP contribution in [0.1, 0.15) is 5.01 Å². The summed E-state index contributed by atoms with van der Waals surface area (Å²) in [6.07, 6.45) is 0. The van der Waals surface area contributed by atoms with Crippen LogP contribution in [0.5, 0.6) is 0 Å². The minimum atomic E-state index is -3.05. The first-order valence-electron chi connectivity index (χ1n) is 6.99. The normalized spacial score (nSPS) is 27.8. The predicted molar refractivity (Wildman–Crippen MR) is 85.9 cm³/mol. The summed E-state index contributed by atoms with van der Waals surface area (Å²) < 4.78 is 24.6. The number of hydrogen-bond acceptors (Lipinski definition) is 8. The van der Waals surface area contributed by atoms with Crippen molar-refractivity contribution in [2.24, 2.45) is 0 Å². The van der Waals surface area contributed by atoms with E-state index in [0.29, 0.717) is 13.1 Å². The fourth-order valence-electron chi connectivity index (χ4n) is 2.98. The molecule has 1 aromatic rings. The van der Waals surface area contributed by atoms with Crippen LogP contribution in [0.2, 0.25) is 0 Å². The van der Waals surface area contributed by atoms with Crippen LogP contribution in [0.3, 0.4) is 0 Å². The molecule has 0 bridgehead atoms. The number of sulfone groups is 1. The topological polar surface area (TPSA) is 83.5 Å². The first kappa shape index (κ1) is 16.2. The van der Waals surface area contributed by atoms with Crippen LogP contribution in [-0.2, 0) is 14.6 Å². The second-order valence-electron chi connectivity index (χ2n) is 5.66. The molecule has 2 saturated heterocycles. The molecular weight excluding hydrogens is 344 g/mol. The maximum Gasteiger partial charge on any atom is 0.233 e. The number of amides is 1. The van der Waals surface area contributed by atoms with Crippen molar-refractivity contribution in [3.63, 3.8) is 0 Å². The van der Waals surface area contributed by atoms with Crippen LogP contribution in [0.15, 0.2) is 4.34 Å². The highest BCUT2D eigenvalue weighted by Crippen LogP contribution is 2.28. The molecule has 0 spiro atoms. The SMILES string of the molecule is Cc1nnc(SCC(=O)N2CCN(C)[C@H]3CS(=O)(=O)C[C@H]32)s1. The van der Waals surface area contributed by atoms with Crippen LogP contribution in [0.4, 0.5) is 0 Å².